The summed E-state index contributed by atoms with van der Waals surface area (Å²) in [4.78, 5) is 7.34. The highest BCUT2D eigenvalue weighted by molar-refractivity contribution is 7.09. The van der Waals surface area contributed by atoms with Crippen LogP contribution in [0.2, 0.25) is 0 Å². The van der Waals surface area contributed by atoms with E-state index in [9.17, 15) is 0 Å². The molecular formula is C15H27N3S. The van der Waals surface area contributed by atoms with E-state index in [1.165, 1.54) is 36.5 Å². The first-order chi connectivity index (χ1) is 9.19. The van der Waals surface area contributed by atoms with E-state index in [0.717, 1.165) is 25.6 Å². The fraction of sp³-hybridized carbons (Fsp3) is 0.800. The second-order valence-electron chi connectivity index (χ2n) is 5.87. The topological polar surface area (TPSA) is 28.2 Å². The highest BCUT2D eigenvalue weighted by atomic mass is 32.1. The Morgan fingerprint density at radius 3 is 3.05 bits per heavy atom. The first kappa shape index (κ1) is 14.9. The van der Waals surface area contributed by atoms with Gasteiger partial charge in [-0.25, -0.2) is 4.98 Å². The molecule has 2 atom stereocenters. The zero-order valence-corrected chi connectivity index (χ0v) is 13.3. The number of hydrogen-bond acceptors (Lipinski definition) is 4. The number of likely N-dealkylation sites (tertiary alicyclic amines) is 1. The molecule has 1 saturated heterocycles. The Morgan fingerprint density at radius 2 is 2.26 bits per heavy atom. The molecule has 2 rings (SSSR count). The van der Waals surface area contributed by atoms with Crippen molar-refractivity contribution in [2.75, 3.05) is 13.1 Å². The maximum atomic E-state index is 4.75. The second kappa shape index (κ2) is 7.36. The molecule has 1 aromatic rings. The van der Waals surface area contributed by atoms with Gasteiger partial charge in [-0.05, 0) is 38.6 Å². The highest BCUT2D eigenvalue weighted by Gasteiger charge is 2.23. The SMILES string of the molecule is CCCNCc1nc(CN2CC(C)CCC2C)cs1. The second-order valence-corrected chi connectivity index (χ2v) is 6.81. The first-order valence-corrected chi connectivity index (χ1v) is 8.45. The maximum Gasteiger partial charge on any atom is 0.107 e. The van der Waals surface area contributed by atoms with E-state index in [1.54, 1.807) is 11.3 Å². The van der Waals surface area contributed by atoms with Crippen LogP contribution in [0.4, 0.5) is 0 Å². The van der Waals surface area contributed by atoms with Crippen molar-refractivity contribution >= 4 is 11.3 Å². The van der Waals surface area contributed by atoms with Gasteiger partial charge < -0.3 is 5.32 Å². The van der Waals surface area contributed by atoms with Crippen molar-refractivity contribution in [3.8, 4) is 0 Å². The lowest BCUT2D eigenvalue weighted by molar-refractivity contribution is 0.116. The third-order valence-corrected chi connectivity index (χ3v) is 4.81. The summed E-state index contributed by atoms with van der Waals surface area (Å²) in [6.45, 7) is 11.2. The lowest BCUT2D eigenvalue weighted by atomic mass is 9.95. The fourth-order valence-electron chi connectivity index (χ4n) is 2.68. The van der Waals surface area contributed by atoms with Crippen LogP contribution in [-0.4, -0.2) is 29.0 Å². The van der Waals surface area contributed by atoms with Crippen LogP contribution in [0.5, 0.6) is 0 Å². The summed E-state index contributed by atoms with van der Waals surface area (Å²) in [5, 5.41) is 6.87. The van der Waals surface area contributed by atoms with Crippen molar-refractivity contribution in [3.05, 3.63) is 16.1 Å². The van der Waals surface area contributed by atoms with Crippen LogP contribution in [0, 0.1) is 5.92 Å². The minimum absolute atomic E-state index is 0.708. The monoisotopic (exact) mass is 281 g/mol. The van der Waals surface area contributed by atoms with E-state index < -0.39 is 0 Å². The molecule has 4 heteroatoms. The molecule has 19 heavy (non-hydrogen) atoms. The molecule has 0 saturated carbocycles. The fourth-order valence-corrected chi connectivity index (χ4v) is 3.44. The van der Waals surface area contributed by atoms with Crippen LogP contribution < -0.4 is 5.32 Å². The van der Waals surface area contributed by atoms with Gasteiger partial charge in [0, 0.05) is 31.1 Å². The van der Waals surface area contributed by atoms with Crippen LogP contribution >= 0.6 is 11.3 Å². The van der Waals surface area contributed by atoms with Crippen LogP contribution in [-0.2, 0) is 13.1 Å². The number of thiazole rings is 1. The van der Waals surface area contributed by atoms with Crippen molar-refractivity contribution in [3.63, 3.8) is 0 Å². The van der Waals surface area contributed by atoms with Crippen LogP contribution in [0.15, 0.2) is 5.38 Å². The highest BCUT2D eigenvalue weighted by Crippen LogP contribution is 2.23. The molecule has 3 nitrogen and oxygen atoms in total. The molecule has 1 N–H and O–H groups in total. The zero-order valence-electron chi connectivity index (χ0n) is 12.5. The summed E-state index contributed by atoms with van der Waals surface area (Å²) >= 11 is 1.79. The molecule has 0 aromatic carbocycles. The largest absolute Gasteiger partial charge is 0.310 e. The van der Waals surface area contributed by atoms with Gasteiger partial charge in [-0.1, -0.05) is 13.8 Å². The number of rotatable bonds is 6. The van der Waals surface area contributed by atoms with Crippen molar-refractivity contribution in [1.29, 1.82) is 0 Å². The van der Waals surface area contributed by atoms with Gasteiger partial charge >= 0.3 is 0 Å². The van der Waals surface area contributed by atoms with Gasteiger partial charge in [-0.2, -0.15) is 0 Å². The molecule has 1 aromatic heterocycles. The Balaban J connectivity index is 1.84. The van der Waals surface area contributed by atoms with E-state index in [1.807, 2.05) is 0 Å². The average molecular weight is 281 g/mol. The molecule has 0 radical (unpaired) electrons. The molecule has 0 spiro atoms. The van der Waals surface area contributed by atoms with Crippen LogP contribution in [0.1, 0.15) is 50.7 Å². The Bertz CT molecular complexity index is 377. The number of hydrogen-bond donors (Lipinski definition) is 1. The molecule has 1 fully saturated rings. The lowest BCUT2D eigenvalue weighted by Gasteiger charge is -2.36. The third kappa shape index (κ3) is 4.55. The van der Waals surface area contributed by atoms with Gasteiger partial charge in [-0.3, -0.25) is 4.90 Å². The molecule has 0 bridgehead atoms. The molecule has 2 heterocycles. The number of piperidine rings is 1. The Kier molecular flexibility index (Phi) is 5.79. The van der Waals surface area contributed by atoms with Gasteiger partial charge in [0.1, 0.15) is 5.01 Å². The molecule has 108 valence electrons. The van der Waals surface area contributed by atoms with E-state index in [2.05, 4.69) is 36.4 Å². The quantitative estimate of drug-likeness (QED) is 0.811. The molecule has 0 amide bonds. The molecule has 1 aliphatic heterocycles. The summed E-state index contributed by atoms with van der Waals surface area (Å²) in [5.41, 5.74) is 1.25. The van der Waals surface area contributed by atoms with Crippen LogP contribution in [0.3, 0.4) is 0 Å². The predicted molar refractivity (Wildman–Crippen MR) is 82.4 cm³/mol. The third-order valence-electron chi connectivity index (χ3n) is 3.91. The predicted octanol–water partition coefficient (Wildman–Crippen LogP) is 3.26. The molecule has 2 unspecified atom stereocenters. The summed E-state index contributed by atoms with van der Waals surface area (Å²) in [6, 6.07) is 0.708. The molecular weight excluding hydrogens is 254 g/mol. The van der Waals surface area contributed by atoms with E-state index in [-0.39, 0.29) is 0 Å². The van der Waals surface area contributed by atoms with Gasteiger partial charge in [0.25, 0.3) is 0 Å². The van der Waals surface area contributed by atoms with Gasteiger partial charge in [0.2, 0.25) is 0 Å². The van der Waals surface area contributed by atoms with Gasteiger partial charge in [0.15, 0.2) is 0 Å². The smallest absolute Gasteiger partial charge is 0.107 e. The Hall–Kier alpha value is -0.450. The number of nitrogens with one attached hydrogen (secondary N) is 1. The zero-order chi connectivity index (χ0) is 13.7. The van der Waals surface area contributed by atoms with Crippen molar-refractivity contribution in [2.45, 2.75) is 59.2 Å². The standard InChI is InChI=1S/C15H27N3S/c1-4-7-16-8-15-17-14(11-19-15)10-18-9-12(2)5-6-13(18)3/h11-13,16H,4-10H2,1-3H3. The summed E-state index contributed by atoms with van der Waals surface area (Å²) in [5.74, 6) is 0.834. The van der Waals surface area contributed by atoms with Crippen molar-refractivity contribution in [2.24, 2.45) is 5.92 Å². The summed E-state index contributed by atoms with van der Waals surface area (Å²) < 4.78 is 0. The van der Waals surface area contributed by atoms with Crippen molar-refractivity contribution < 1.29 is 0 Å². The van der Waals surface area contributed by atoms with Gasteiger partial charge in [-0.15, -0.1) is 11.3 Å². The minimum Gasteiger partial charge on any atom is -0.310 e. The van der Waals surface area contributed by atoms with Crippen molar-refractivity contribution in [1.82, 2.24) is 15.2 Å². The van der Waals surface area contributed by atoms with E-state index in [0.29, 0.717) is 6.04 Å². The molecule has 0 aliphatic carbocycles. The average Bonchev–Trinajstić information content (AvgIpc) is 2.82. The summed E-state index contributed by atoms with van der Waals surface area (Å²) in [6.07, 6.45) is 3.89. The van der Waals surface area contributed by atoms with Crippen LogP contribution in [0.25, 0.3) is 0 Å². The normalized spacial score (nSPS) is 24.8. The number of aromatic nitrogens is 1. The Morgan fingerprint density at radius 1 is 1.42 bits per heavy atom. The lowest BCUT2D eigenvalue weighted by Crippen LogP contribution is -2.40. The minimum atomic E-state index is 0.708. The molecule has 1 aliphatic rings. The Labute approximate surface area is 121 Å². The first-order valence-electron chi connectivity index (χ1n) is 7.57. The summed E-state index contributed by atoms with van der Waals surface area (Å²) in [7, 11) is 0. The maximum absolute atomic E-state index is 4.75. The number of nitrogens with zero attached hydrogens (tertiary/aromatic N) is 2. The van der Waals surface area contributed by atoms with Gasteiger partial charge in [0.05, 0.1) is 5.69 Å². The van der Waals surface area contributed by atoms with E-state index >= 15 is 0 Å². The van der Waals surface area contributed by atoms with E-state index in [4.69, 9.17) is 4.98 Å².